The number of carboxylic acid groups (broad SMARTS) is 1. The van der Waals surface area contributed by atoms with E-state index in [0.717, 1.165) is 15.0 Å². The minimum atomic E-state index is -2.96. The Morgan fingerprint density at radius 3 is 2.80 bits per heavy atom. The van der Waals surface area contributed by atoms with Gasteiger partial charge in [-0.1, -0.05) is 30.4 Å². The Balaban J connectivity index is 1.58. The van der Waals surface area contributed by atoms with Gasteiger partial charge in [0.1, 0.15) is 0 Å². The molecule has 0 bridgehead atoms. The van der Waals surface area contributed by atoms with Gasteiger partial charge in [0.25, 0.3) is 5.92 Å². The van der Waals surface area contributed by atoms with Crippen LogP contribution in [-0.4, -0.2) is 33.3 Å². The van der Waals surface area contributed by atoms with Crippen LogP contribution >= 0.6 is 11.3 Å². The van der Waals surface area contributed by atoms with Gasteiger partial charge < -0.3 is 15.3 Å². The number of aliphatic hydroxyl groups is 2. The van der Waals surface area contributed by atoms with Crippen LogP contribution in [-0.2, 0) is 4.79 Å². The first-order valence-corrected chi connectivity index (χ1v) is 11.2. The average molecular weight is 439 g/mol. The Morgan fingerprint density at radius 1 is 1.30 bits per heavy atom. The highest BCUT2D eigenvalue weighted by Gasteiger charge is 2.53. The molecule has 1 aliphatic carbocycles. The largest absolute Gasteiger partial charge is 0.481 e. The van der Waals surface area contributed by atoms with Crippen LogP contribution in [0.2, 0.25) is 0 Å². The van der Waals surface area contributed by atoms with Gasteiger partial charge in [-0.2, -0.15) is 0 Å². The lowest BCUT2D eigenvalue weighted by molar-refractivity contribution is -0.137. The van der Waals surface area contributed by atoms with Gasteiger partial charge in [0.2, 0.25) is 0 Å². The second-order valence-corrected chi connectivity index (χ2v) is 9.19. The number of aliphatic carboxylic acids is 1. The minimum absolute atomic E-state index is 0.0761. The van der Waals surface area contributed by atoms with Crippen LogP contribution in [0.5, 0.6) is 0 Å². The molecule has 164 valence electrons. The van der Waals surface area contributed by atoms with E-state index in [4.69, 9.17) is 5.11 Å². The summed E-state index contributed by atoms with van der Waals surface area (Å²) in [6, 6.07) is 9.68. The zero-order chi connectivity index (χ0) is 21.7. The monoisotopic (exact) mass is 438 g/mol. The molecular formula is C23H28F2O4S. The SMILES string of the molecule is O=C(O)CCC/C=C\C[C@H]1[C@H](O)CC(F)(F)[C@@H]1CC[C@@H](O)c1cc2ccccc2s1. The molecule has 0 unspecified atom stereocenters. The molecule has 0 aliphatic heterocycles. The van der Waals surface area contributed by atoms with Crippen LogP contribution < -0.4 is 0 Å². The quantitative estimate of drug-likeness (QED) is 0.336. The van der Waals surface area contributed by atoms with Crippen molar-refractivity contribution < 1.29 is 28.9 Å². The molecular weight excluding hydrogens is 410 g/mol. The molecule has 0 spiro atoms. The standard InChI is InChI=1S/C23H28F2O4S/c24-23(25)14-19(27)16(8-3-1-2-4-10-22(28)29)17(23)11-12-18(26)21-13-15-7-5-6-9-20(15)30-21/h1,3,5-7,9,13,16-19,26-27H,2,4,8,10-12,14H2,(H,28,29)/b3-1-/t16-,17-,18-,19-/m1/s1. The van der Waals surface area contributed by atoms with Crippen LogP contribution in [0.1, 0.15) is 55.9 Å². The number of rotatable bonds is 10. The van der Waals surface area contributed by atoms with E-state index in [-0.39, 0.29) is 19.3 Å². The zero-order valence-corrected chi connectivity index (χ0v) is 17.5. The fraction of sp³-hybridized carbons (Fsp3) is 0.522. The molecule has 30 heavy (non-hydrogen) atoms. The van der Waals surface area contributed by atoms with Crippen molar-refractivity contribution in [3.8, 4) is 0 Å². The summed E-state index contributed by atoms with van der Waals surface area (Å²) in [6.07, 6.45) is 2.98. The van der Waals surface area contributed by atoms with Crippen LogP contribution in [0, 0.1) is 11.8 Å². The van der Waals surface area contributed by atoms with E-state index in [2.05, 4.69) is 0 Å². The molecule has 0 saturated heterocycles. The highest BCUT2D eigenvalue weighted by atomic mass is 32.1. The molecule has 2 aromatic rings. The van der Waals surface area contributed by atoms with Gasteiger partial charge in [-0.05, 0) is 55.5 Å². The summed E-state index contributed by atoms with van der Waals surface area (Å²) in [6.45, 7) is 0. The molecule has 0 amide bonds. The first-order chi connectivity index (χ1) is 14.3. The Hall–Kier alpha value is -1.83. The molecule has 3 N–H and O–H groups in total. The number of fused-ring (bicyclic) bond motifs is 1. The highest BCUT2D eigenvalue weighted by Crippen LogP contribution is 2.49. The summed E-state index contributed by atoms with van der Waals surface area (Å²) in [5.41, 5.74) is 0. The van der Waals surface area contributed by atoms with Gasteiger partial charge >= 0.3 is 5.97 Å². The Morgan fingerprint density at radius 2 is 2.07 bits per heavy atom. The third-order valence-corrected chi connectivity index (χ3v) is 7.11. The number of allylic oxidation sites excluding steroid dienone is 2. The molecule has 3 rings (SSSR count). The zero-order valence-electron chi connectivity index (χ0n) is 16.7. The summed E-state index contributed by atoms with van der Waals surface area (Å²) in [7, 11) is 0. The number of hydrogen-bond donors (Lipinski definition) is 3. The van der Waals surface area contributed by atoms with Gasteiger partial charge in [0, 0.05) is 28.3 Å². The third kappa shape index (κ3) is 5.65. The normalized spacial score (nSPS) is 24.6. The van der Waals surface area contributed by atoms with Crippen LogP contribution in [0.15, 0.2) is 42.5 Å². The molecule has 7 heteroatoms. The Labute approximate surface area is 178 Å². The average Bonchev–Trinajstić information content (AvgIpc) is 3.20. The lowest BCUT2D eigenvalue weighted by Crippen LogP contribution is -2.26. The van der Waals surface area contributed by atoms with Gasteiger partial charge in [0.15, 0.2) is 0 Å². The lowest BCUT2D eigenvalue weighted by atomic mass is 9.85. The first kappa shape index (κ1) is 22.8. The van der Waals surface area contributed by atoms with Gasteiger partial charge in [-0.3, -0.25) is 4.79 Å². The van der Waals surface area contributed by atoms with Crippen molar-refractivity contribution in [3.05, 3.63) is 47.4 Å². The van der Waals surface area contributed by atoms with Crippen molar-refractivity contribution in [3.63, 3.8) is 0 Å². The second-order valence-electron chi connectivity index (χ2n) is 8.08. The first-order valence-electron chi connectivity index (χ1n) is 10.4. The fourth-order valence-corrected chi connectivity index (χ4v) is 5.38. The number of thiophene rings is 1. The molecule has 1 saturated carbocycles. The fourth-order valence-electron chi connectivity index (χ4n) is 4.30. The predicted molar refractivity (Wildman–Crippen MR) is 114 cm³/mol. The number of aliphatic hydroxyl groups excluding tert-OH is 2. The molecule has 1 aromatic carbocycles. The van der Waals surface area contributed by atoms with E-state index in [1.54, 1.807) is 12.2 Å². The number of halogens is 2. The molecule has 1 aliphatic rings. The number of carboxylic acids is 1. The van der Waals surface area contributed by atoms with Crippen LogP contribution in [0.3, 0.4) is 0 Å². The minimum Gasteiger partial charge on any atom is -0.481 e. The Bertz CT molecular complexity index is 846. The topological polar surface area (TPSA) is 77.8 Å². The summed E-state index contributed by atoms with van der Waals surface area (Å²) in [4.78, 5) is 11.3. The van der Waals surface area contributed by atoms with E-state index in [1.807, 2.05) is 30.3 Å². The summed E-state index contributed by atoms with van der Waals surface area (Å²) in [5.74, 6) is -5.36. The molecule has 4 atom stereocenters. The Kier molecular flexibility index (Phi) is 7.60. The summed E-state index contributed by atoms with van der Waals surface area (Å²) >= 11 is 1.47. The maximum Gasteiger partial charge on any atom is 0.303 e. The highest BCUT2D eigenvalue weighted by molar-refractivity contribution is 7.19. The van der Waals surface area contributed by atoms with E-state index in [1.165, 1.54) is 11.3 Å². The van der Waals surface area contributed by atoms with Crippen molar-refractivity contribution in [2.75, 3.05) is 0 Å². The summed E-state index contributed by atoms with van der Waals surface area (Å²) in [5, 5.41) is 30.4. The van der Waals surface area contributed by atoms with E-state index < -0.39 is 42.4 Å². The summed E-state index contributed by atoms with van der Waals surface area (Å²) < 4.78 is 30.1. The van der Waals surface area contributed by atoms with E-state index in [9.17, 15) is 23.8 Å². The van der Waals surface area contributed by atoms with Crippen molar-refractivity contribution in [1.82, 2.24) is 0 Å². The number of carbonyl (C=O) groups is 1. The van der Waals surface area contributed by atoms with E-state index in [0.29, 0.717) is 19.3 Å². The van der Waals surface area contributed by atoms with E-state index >= 15 is 0 Å². The maximum absolute atomic E-state index is 14.5. The molecule has 0 radical (unpaired) electrons. The molecule has 1 heterocycles. The van der Waals surface area contributed by atoms with Crippen LogP contribution in [0.25, 0.3) is 10.1 Å². The van der Waals surface area contributed by atoms with Crippen molar-refractivity contribution >= 4 is 27.4 Å². The van der Waals surface area contributed by atoms with Crippen molar-refractivity contribution in [2.24, 2.45) is 11.8 Å². The third-order valence-electron chi connectivity index (χ3n) is 5.90. The van der Waals surface area contributed by atoms with Crippen molar-refractivity contribution in [1.29, 1.82) is 0 Å². The molecule has 1 fully saturated rings. The predicted octanol–water partition coefficient (Wildman–Crippen LogP) is 5.55. The number of hydrogen-bond acceptors (Lipinski definition) is 4. The molecule has 4 nitrogen and oxygen atoms in total. The lowest BCUT2D eigenvalue weighted by Gasteiger charge is -2.25. The van der Waals surface area contributed by atoms with Crippen molar-refractivity contribution in [2.45, 2.75) is 63.1 Å². The molecule has 1 aromatic heterocycles. The van der Waals surface area contributed by atoms with Crippen LogP contribution in [0.4, 0.5) is 8.78 Å². The van der Waals surface area contributed by atoms with Gasteiger partial charge in [-0.15, -0.1) is 11.3 Å². The van der Waals surface area contributed by atoms with Gasteiger partial charge in [0.05, 0.1) is 12.2 Å². The smallest absolute Gasteiger partial charge is 0.303 e. The number of unbranched alkanes of at least 4 members (excludes halogenated alkanes) is 1. The number of alkyl halides is 2. The second kappa shape index (κ2) is 9.98. The van der Waals surface area contributed by atoms with Gasteiger partial charge in [-0.25, -0.2) is 8.78 Å². The number of benzene rings is 1. The maximum atomic E-state index is 14.5.